The van der Waals surface area contributed by atoms with E-state index in [1.54, 1.807) is 19.1 Å². The highest BCUT2D eigenvalue weighted by Crippen LogP contribution is 2.21. The molecule has 4 nitrogen and oxygen atoms in total. The fourth-order valence-electron chi connectivity index (χ4n) is 2.64. The molecule has 124 valence electrons. The Bertz CT molecular complexity index is 485. The highest BCUT2D eigenvalue weighted by molar-refractivity contribution is 14.0. The van der Waals surface area contributed by atoms with Gasteiger partial charge in [-0.3, -0.25) is 4.99 Å². The summed E-state index contributed by atoms with van der Waals surface area (Å²) in [7, 11) is 0. The maximum Gasteiger partial charge on any atom is 0.188 e. The van der Waals surface area contributed by atoms with E-state index in [1.165, 1.54) is 31.4 Å². The average molecular weight is 421 g/mol. The predicted octanol–water partition coefficient (Wildman–Crippen LogP) is 2.89. The maximum absolute atomic E-state index is 12.9. The molecule has 2 rings (SSSR count). The Labute approximate surface area is 148 Å². The van der Waals surface area contributed by atoms with E-state index in [1.807, 2.05) is 0 Å². The van der Waals surface area contributed by atoms with Crippen LogP contribution >= 0.6 is 24.0 Å². The van der Waals surface area contributed by atoms with Gasteiger partial charge in [-0.05, 0) is 37.5 Å². The first-order chi connectivity index (χ1) is 9.97. The van der Waals surface area contributed by atoms with E-state index in [-0.39, 0.29) is 36.3 Å². The van der Waals surface area contributed by atoms with Crippen molar-refractivity contribution in [2.45, 2.75) is 50.7 Å². The summed E-state index contributed by atoms with van der Waals surface area (Å²) in [6, 6.07) is 6.18. The lowest BCUT2D eigenvalue weighted by Gasteiger charge is -2.25. The third-order valence-corrected chi connectivity index (χ3v) is 3.98. The predicted molar refractivity (Wildman–Crippen MR) is 97.9 cm³/mol. The van der Waals surface area contributed by atoms with Crippen LogP contribution in [0.4, 0.5) is 4.39 Å². The third kappa shape index (κ3) is 5.72. The molecule has 0 spiro atoms. The number of nitrogens with zero attached hydrogens (tertiary/aromatic N) is 1. The molecule has 0 bridgehead atoms. The van der Waals surface area contributed by atoms with Crippen LogP contribution in [0, 0.1) is 5.82 Å². The van der Waals surface area contributed by atoms with Crippen molar-refractivity contribution in [3.63, 3.8) is 0 Å². The van der Waals surface area contributed by atoms with Gasteiger partial charge in [-0.15, -0.1) is 24.0 Å². The normalized spacial score (nSPS) is 19.1. The molecule has 1 saturated carbocycles. The summed E-state index contributed by atoms with van der Waals surface area (Å²) < 4.78 is 12.9. The van der Waals surface area contributed by atoms with Crippen molar-refractivity contribution in [3.05, 3.63) is 35.6 Å². The first-order valence-corrected chi connectivity index (χ1v) is 7.52. The van der Waals surface area contributed by atoms with Crippen LogP contribution in [0.1, 0.15) is 44.6 Å². The molecule has 0 aromatic heterocycles. The molecule has 1 aliphatic rings. The van der Waals surface area contributed by atoms with Crippen LogP contribution in [-0.2, 0) is 5.60 Å². The number of aliphatic imine (C=N–C) groups is 1. The van der Waals surface area contributed by atoms with Gasteiger partial charge >= 0.3 is 0 Å². The van der Waals surface area contributed by atoms with Gasteiger partial charge in [0.15, 0.2) is 5.96 Å². The molecule has 1 aliphatic carbocycles. The number of hydrogen-bond acceptors (Lipinski definition) is 2. The highest BCUT2D eigenvalue weighted by atomic mass is 127. The summed E-state index contributed by atoms with van der Waals surface area (Å²) in [6.07, 6.45) is 5.96. The van der Waals surface area contributed by atoms with E-state index in [2.05, 4.69) is 10.3 Å². The highest BCUT2D eigenvalue weighted by Gasteiger charge is 2.23. The average Bonchev–Trinajstić information content (AvgIpc) is 2.47. The van der Waals surface area contributed by atoms with Gasteiger partial charge < -0.3 is 16.2 Å². The molecule has 0 heterocycles. The summed E-state index contributed by atoms with van der Waals surface area (Å²) in [5.74, 6) is 0.0424. The quantitative estimate of drug-likeness (QED) is 0.398. The molecule has 1 fully saturated rings. The minimum atomic E-state index is -1.16. The Morgan fingerprint density at radius 2 is 1.91 bits per heavy atom. The van der Waals surface area contributed by atoms with E-state index in [0.29, 0.717) is 17.6 Å². The van der Waals surface area contributed by atoms with E-state index >= 15 is 0 Å². The Balaban J connectivity index is 0.00000242. The van der Waals surface area contributed by atoms with Gasteiger partial charge in [0.2, 0.25) is 0 Å². The molecule has 1 aromatic rings. The molecule has 6 heteroatoms. The molecule has 0 saturated heterocycles. The lowest BCUT2D eigenvalue weighted by molar-refractivity contribution is 0.0672. The van der Waals surface area contributed by atoms with Crippen LogP contribution in [-0.4, -0.2) is 23.7 Å². The van der Waals surface area contributed by atoms with Gasteiger partial charge in [0.05, 0.1) is 6.54 Å². The van der Waals surface area contributed by atoms with Crippen LogP contribution < -0.4 is 11.1 Å². The largest absolute Gasteiger partial charge is 0.384 e. The minimum Gasteiger partial charge on any atom is -0.384 e. The monoisotopic (exact) mass is 421 g/mol. The van der Waals surface area contributed by atoms with Gasteiger partial charge in [-0.1, -0.05) is 31.4 Å². The fraction of sp³-hybridized carbons (Fsp3) is 0.562. The van der Waals surface area contributed by atoms with Crippen molar-refractivity contribution in [1.29, 1.82) is 0 Å². The minimum absolute atomic E-state index is 0. The van der Waals surface area contributed by atoms with Gasteiger partial charge in [0.25, 0.3) is 0 Å². The molecule has 4 N–H and O–H groups in total. The van der Waals surface area contributed by atoms with Crippen molar-refractivity contribution in [3.8, 4) is 0 Å². The summed E-state index contributed by atoms with van der Waals surface area (Å²) >= 11 is 0. The van der Waals surface area contributed by atoms with Crippen LogP contribution in [0.15, 0.2) is 29.3 Å². The second-order valence-electron chi connectivity index (χ2n) is 5.96. The summed E-state index contributed by atoms with van der Waals surface area (Å²) in [4.78, 5) is 4.23. The SMILES string of the molecule is CC(O)(CN=C(N)NC1CCCCC1)c1ccc(F)cc1.I. The zero-order valence-electron chi connectivity index (χ0n) is 12.9. The number of nitrogens with two attached hydrogens (primary N) is 1. The summed E-state index contributed by atoms with van der Waals surface area (Å²) in [5.41, 5.74) is 5.34. The lowest BCUT2D eigenvalue weighted by Crippen LogP contribution is -2.42. The molecule has 22 heavy (non-hydrogen) atoms. The Morgan fingerprint density at radius 1 is 1.32 bits per heavy atom. The van der Waals surface area contributed by atoms with Crippen molar-refractivity contribution in [2.75, 3.05) is 6.54 Å². The topological polar surface area (TPSA) is 70.6 Å². The number of guanidine groups is 1. The molecule has 0 aliphatic heterocycles. The van der Waals surface area contributed by atoms with Crippen molar-refractivity contribution < 1.29 is 9.50 Å². The third-order valence-electron chi connectivity index (χ3n) is 3.98. The van der Waals surface area contributed by atoms with Gasteiger partial charge in [0.1, 0.15) is 11.4 Å². The Hall–Kier alpha value is -0.890. The van der Waals surface area contributed by atoms with Crippen LogP contribution in [0.3, 0.4) is 0 Å². The molecule has 1 atom stereocenters. The summed E-state index contributed by atoms with van der Waals surface area (Å²) in [6.45, 7) is 1.79. The number of rotatable bonds is 4. The van der Waals surface area contributed by atoms with E-state index in [9.17, 15) is 9.50 Å². The van der Waals surface area contributed by atoms with E-state index in [4.69, 9.17) is 5.73 Å². The van der Waals surface area contributed by atoms with Gasteiger partial charge in [0, 0.05) is 6.04 Å². The van der Waals surface area contributed by atoms with Gasteiger partial charge in [-0.25, -0.2) is 4.39 Å². The number of hydrogen-bond donors (Lipinski definition) is 3. The van der Waals surface area contributed by atoms with Crippen LogP contribution in [0.5, 0.6) is 0 Å². The number of halogens is 2. The standard InChI is InChI=1S/C16H24FN3O.HI/c1-16(21,12-7-9-13(17)10-8-12)11-19-15(18)20-14-5-3-2-4-6-14;/h7-10,14,21H,2-6,11H2,1H3,(H3,18,19,20);1H. The maximum atomic E-state index is 12.9. The Kier molecular flexibility index (Phi) is 7.55. The molecule has 1 unspecified atom stereocenters. The number of aliphatic hydroxyl groups is 1. The molecule has 0 amide bonds. The zero-order chi connectivity index (χ0) is 15.3. The smallest absolute Gasteiger partial charge is 0.188 e. The van der Waals surface area contributed by atoms with Crippen molar-refractivity contribution >= 4 is 29.9 Å². The summed E-state index contributed by atoms with van der Waals surface area (Å²) in [5, 5.41) is 13.6. The second kappa shape index (κ2) is 8.67. The first-order valence-electron chi connectivity index (χ1n) is 7.52. The Morgan fingerprint density at radius 3 is 2.50 bits per heavy atom. The fourth-order valence-corrected chi connectivity index (χ4v) is 2.64. The molecular weight excluding hydrogens is 396 g/mol. The molecule has 1 aromatic carbocycles. The van der Waals surface area contributed by atoms with Crippen molar-refractivity contribution in [2.24, 2.45) is 10.7 Å². The van der Waals surface area contributed by atoms with Crippen LogP contribution in [0.25, 0.3) is 0 Å². The van der Waals surface area contributed by atoms with Crippen LogP contribution in [0.2, 0.25) is 0 Å². The zero-order valence-corrected chi connectivity index (χ0v) is 15.2. The van der Waals surface area contributed by atoms with Crippen molar-refractivity contribution in [1.82, 2.24) is 5.32 Å². The lowest BCUT2D eigenvalue weighted by atomic mass is 9.95. The first kappa shape index (κ1) is 19.2. The van der Waals surface area contributed by atoms with E-state index in [0.717, 1.165) is 12.8 Å². The molecular formula is C16H25FIN3O. The number of nitrogens with one attached hydrogen (secondary N) is 1. The van der Waals surface area contributed by atoms with E-state index < -0.39 is 5.60 Å². The molecule has 0 radical (unpaired) electrons. The second-order valence-corrected chi connectivity index (χ2v) is 5.96. The number of benzene rings is 1. The van der Waals surface area contributed by atoms with Gasteiger partial charge in [-0.2, -0.15) is 0 Å².